The van der Waals surface area contributed by atoms with Crippen molar-refractivity contribution in [1.82, 2.24) is 14.8 Å². The number of urea groups is 1. The monoisotopic (exact) mass is 434 g/mol. The van der Waals surface area contributed by atoms with Crippen molar-refractivity contribution < 1.29 is 13.9 Å². The minimum atomic E-state index is -0.0472. The van der Waals surface area contributed by atoms with Crippen LogP contribution in [0.15, 0.2) is 46.9 Å². The summed E-state index contributed by atoms with van der Waals surface area (Å²) < 4.78 is 11.1. The lowest BCUT2D eigenvalue weighted by Gasteiger charge is -2.34. The van der Waals surface area contributed by atoms with Gasteiger partial charge in [0, 0.05) is 44.0 Å². The quantitative estimate of drug-likeness (QED) is 0.634. The van der Waals surface area contributed by atoms with Gasteiger partial charge in [-0.2, -0.15) is 0 Å². The van der Waals surface area contributed by atoms with E-state index in [2.05, 4.69) is 16.3 Å². The summed E-state index contributed by atoms with van der Waals surface area (Å²) in [6.45, 7) is 9.67. The van der Waals surface area contributed by atoms with Crippen LogP contribution in [0.4, 0.5) is 10.5 Å². The zero-order chi connectivity index (χ0) is 22.7. The third-order valence-electron chi connectivity index (χ3n) is 5.74. The smallest absolute Gasteiger partial charge is 0.321 e. The number of aryl methyl sites for hydroxylation is 3. The van der Waals surface area contributed by atoms with Crippen LogP contribution < -0.4 is 10.1 Å². The second-order valence-electron chi connectivity index (χ2n) is 8.32. The Labute approximate surface area is 189 Å². The van der Waals surface area contributed by atoms with Crippen LogP contribution in [0.1, 0.15) is 22.6 Å². The van der Waals surface area contributed by atoms with Gasteiger partial charge in [-0.05, 0) is 68.3 Å². The molecule has 7 heteroatoms. The number of benzene rings is 2. The van der Waals surface area contributed by atoms with E-state index in [1.807, 2.05) is 62.1 Å². The van der Waals surface area contributed by atoms with Gasteiger partial charge in [0.1, 0.15) is 11.5 Å². The number of hydrogen-bond donors (Lipinski definition) is 1. The zero-order valence-electron chi connectivity index (χ0n) is 19.1. The van der Waals surface area contributed by atoms with E-state index in [9.17, 15) is 4.79 Å². The molecule has 1 aliphatic rings. The van der Waals surface area contributed by atoms with Gasteiger partial charge < -0.3 is 19.4 Å². The van der Waals surface area contributed by atoms with E-state index in [1.165, 1.54) is 0 Å². The zero-order valence-corrected chi connectivity index (χ0v) is 19.1. The minimum Gasteiger partial charge on any atom is -0.497 e. The van der Waals surface area contributed by atoms with Crippen LogP contribution in [-0.4, -0.2) is 54.1 Å². The normalized spacial score (nSPS) is 14.4. The molecule has 32 heavy (non-hydrogen) atoms. The number of piperazine rings is 1. The Bertz CT molecular complexity index is 1060. The van der Waals surface area contributed by atoms with E-state index in [4.69, 9.17) is 14.1 Å². The molecule has 4 rings (SSSR count). The number of carbonyl (C=O) groups is 1. The topological polar surface area (TPSA) is 70.8 Å². The summed E-state index contributed by atoms with van der Waals surface area (Å²) in [4.78, 5) is 21.6. The average Bonchev–Trinajstić information content (AvgIpc) is 3.13. The molecule has 0 saturated carbocycles. The number of nitrogens with one attached hydrogen (secondary N) is 1. The van der Waals surface area contributed by atoms with Crippen LogP contribution in [0.3, 0.4) is 0 Å². The number of amides is 2. The Kier molecular flexibility index (Phi) is 6.46. The van der Waals surface area contributed by atoms with Crippen LogP contribution in [-0.2, 0) is 6.54 Å². The van der Waals surface area contributed by atoms with Crippen molar-refractivity contribution >= 4 is 11.7 Å². The predicted octanol–water partition coefficient (Wildman–Crippen LogP) is 4.63. The molecule has 7 nitrogen and oxygen atoms in total. The average molecular weight is 435 g/mol. The Hall–Kier alpha value is -3.32. The molecule has 0 radical (unpaired) electrons. The number of anilines is 1. The fourth-order valence-corrected chi connectivity index (χ4v) is 4.00. The number of carbonyl (C=O) groups excluding carboxylic acids is 1. The van der Waals surface area contributed by atoms with Crippen LogP contribution in [0, 0.1) is 20.8 Å². The van der Waals surface area contributed by atoms with Crippen molar-refractivity contribution in [3.63, 3.8) is 0 Å². The molecule has 1 aromatic heterocycles. The molecule has 2 amide bonds. The molecule has 2 heterocycles. The van der Waals surface area contributed by atoms with Gasteiger partial charge in [-0.15, -0.1) is 0 Å². The van der Waals surface area contributed by atoms with Gasteiger partial charge in [-0.3, -0.25) is 4.90 Å². The number of methoxy groups -OCH3 is 1. The molecular formula is C25H30N4O3. The minimum absolute atomic E-state index is 0.0472. The van der Waals surface area contributed by atoms with Crippen molar-refractivity contribution in [1.29, 1.82) is 0 Å². The summed E-state index contributed by atoms with van der Waals surface area (Å²) in [6, 6.07) is 13.7. The molecule has 1 aliphatic heterocycles. The summed E-state index contributed by atoms with van der Waals surface area (Å²) in [5, 5.41) is 3.03. The van der Waals surface area contributed by atoms with E-state index >= 15 is 0 Å². The summed E-state index contributed by atoms with van der Waals surface area (Å²) >= 11 is 0. The molecule has 1 N–H and O–H groups in total. The molecule has 2 aromatic carbocycles. The number of nitrogens with zero attached hydrogens (tertiary/aromatic N) is 3. The van der Waals surface area contributed by atoms with E-state index in [1.54, 1.807) is 7.11 Å². The van der Waals surface area contributed by atoms with Crippen LogP contribution in [0.5, 0.6) is 5.75 Å². The lowest BCUT2D eigenvalue weighted by Crippen LogP contribution is -2.49. The standard InChI is InChI=1S/C25H30N4O3/c1-17-13-18(2)15-21(14-17)26-25(30)29-11-9-28(10-12-29)16-23-19(3)32-24(27-23)20-5-7-22(31-4)8-6-20/h5-8,13-15H,9-12,16H2,1-4H3,(H,26,30). The van der Waals surface area contributed by atoms with Gasteiger partial charge in [-0.25, -0.2) is 9.78 Å². The SMILES string of the molecule is COc1ccc(-c2nc(CN3CCN(C(=O)Nc4cc(C)cc(C)c4)CC3)c(C)o2)cc1. The fourth-order valence-electron chi connectivity index (χ4n) is 4.00. The molecular weight excluding hydrogens is 404 g/mol. The molecule has 3 aromatic rings. The third-order valence-corrected chi connectivity index (χ3v) is 5.74. The predicted molar refractivity (Wildman–Crippen MR) is 125 cm³/mol. The lowest BCUT2D eigenvalue weighted by atomic mass is 10.1. The number of oxazole rings is 1. The number of ether oxygens (including phenoxy) is 1. The van der Waals surface area contributed by atoms with Crippen LogP contribution >= 0.6 is 0 Å². The van der Waals surface area contributed by atoms with E-state index in [-0.39, 0.29) is 6.03 Å². The number of aromatic nitrogens is 1. The van der Waals surface area contributed by atoms with Crippen LogP contribution in [0.25, 0.3) is 11.5 Å². The van der Waals surface area contributed by atoms with Gasteiger partial charge in [0.15, 0.2) is 0 Å². The lowest BCUT2D eigenvalue weighted by molar-refractivity contribution is 0.141. The Morgan fingerprint density at radius 3 is 2.31 bits per heavy atom. The maximum absolute atomic E-state index is 12.7. The Morgan fingerprint density at radius 1 is 1.03 bits per heavy atom. The summed E-state index contributed by atoms with van der Waals surface area (Å²) in [7, 11) is 1.65. The first-order chi connectivity index (χ1) is 15.4. The van der Waals surface area contributed by atoms with E-state index < -0.39 is 0 Å². The molecule has 0 unspecified atom stereocenters. The second kappa shape index (κ2) is 9.44. The highest BCUT2D eigenvalue weighted by Crippen LogP contribution is 2.25. The molecule has 0 atom stereocenters. The van der Waals surface area contributed by atoms with Gasteiger partial charge in [0.05, 0.1) is 12.8 Å². The van der Waals surface area contributed by atoms with E-state index in [0.717, 1.165) is 52.7 Å². The number of hydrogen-bond acceptors (Lipinski definition) is 5. The van der Waals surface area contributed by atoms with Crippen molar-refractivity contribution in [2.45, 2.75) is 27.3 Å². The van der Waals surface area contributed by atoms with Gasteiger partial charge in [0.2, 0.25) is 5.89 Å². The van der Waals surface area contributed by atoms with Crippen LogP contribution in [0.2, 0.25) is 0 Å². The molecule has 0 bridgehead atoms. The molecule has 1 fully saturated rings. The highest BCUT2D eigenvalue weighted by atomic mass is 16.5. The van der Waals surface area contributed by atoms with Crippen molar-refractivity contribution in [3.05, 3.63) is 65.0 Å². The summed E-state index contributed by atoms with van der Waals surface area (Å²) in [5.41, 5.74) is 4.99. The molecule has 168 valence electrons. The first kappa shape index (κ1) is 21.9. The largest absolute Gasteiger partial charge is 0.497 e. The Balaban J connectivity index is 1.33. The Morgan fingerprint density at radius 2 is 1.69 bits per heavy atom. The first-order valence-corrected chi connectivity index (χ1v) is 10.9. The fraction of sp³-hybridized carbons (Fsp3) is 0.360. The summed E-state index contributed by atoms with van der Waals surface area (Å²) in [6.07, 6.45) is 0. The highest BCUT2D eigenvalue weighted by molar-refractivity contribution is 5.89. The highest BCUT2D eigenvalue weighted by Gasteiger charge is 2.23. The van der Waals surface area contributed by atoms with Gasteiger partial charge in [0.25, 0.3) is 0 Å². The molecule has 1 saturated heterocycles. The number of rotatable bonds is 5. The van der Waals surface area contributed by atoms with Crippen molar-refractivity contribution in [2.24, 2.45) is 0 Å². The first-order valence-electron chi connectivity index (χ1n) is 10.9. The second-order valence-corrected chi connectivity index (χ2v) is 8.32. The third kappa shape index (κ3) is 5.11. The van der Waals surface area contributed by atoms with E-state index in [0.29, 0.717) is 25.5 Å². The summed E-state index contributed by atoms with van der Waals surface area (Å²) in [5.74, 6) is 2.24. The van der Waals surface area contributed by atoms with Gasteiger partial charge >= 0.3 is 6.03 Å². The van der Waals surface area contributed by atoms with Gasteiger partial charge in [-0.1, -0.05) is 6.07 Å². The maximum Gasteiger partial charge on any atom is 0.321 e. The maximum atomic E-state index is 12.7. The molecule has 0 aliphatic carbocycles. The van der Waals surface area contributed by atoms with Crippen molar-refractivity contribution in [2.75, 3.05) is 38.6 Å². The molecule has 0 spiro atoms. The van der Waals surface area contributed by atoms with Crippen molar-refractivity contribution in [3.8, 4) is 17.2 Å².